The molecule has 0 bridgehead atoms. The van der Waals surface area contributed by atoms with Gasteiger partial charge in [-0.3, -0.25) is 9.69 Å². The molecule has 3 aromatic rings. The van der Waals surface area contributed by atoms with E-state index >= 15 is 0 Å². The Bertz CT molecular complexity index is 1210. The number of halogens is 3. The maximum absolute atomic E-state index is 13.9. The molecule has 2 aliphatic rings. The molecular weight excluding hydrogens is 435 g/mol. The number of alkyl halides is 3. The van der Waals surface area contributed by atoms with Crippen LogP contribution in [-0.2, 0) is 24.6 Å². The van der Waals surface area contributed by atoms with Crippen LogP contribution >= 0.6 is 0 Å². The Morgan fingerprint density at radius 3 is 2.35 bits per heavy atom. The van der Waals surface area contributed by atoms with Crippen LogP contribution in [-0.4, -0.2) is 23.8 Å². The van der Waals surface area contributed by atoms with Crippen molar-refractivity contribution in [2.75, 3.05) is 13.1 Å². The molecule has 1 heterocycles. The van der Waals surface area contributed by atoms with E-state index in [1.807, 2.05) is 43.3 Å². The maximum Gasteiger partial charge on any atom is 0.416 e. The fourth-order valence-electron chi connectivity index (χ4n) is 6.00. The molecule has 2 nitrogen and oxygen atoms in total. The van der Waals surface area contributed by atoms with Crippen molar-refractivity contribution in [3.05, 3.63) is 106 Å². The molecule has 1 aliphatic carbocycles. The fraction of sp³-hybridized carbons (Fsp3) is 0.345. The fourth-order valence-corrected chi connectivity index (χ4v) is 6.00. The van der Waals surface area contributed by atoms with Crippen LogP contribution in [0.2, 0.25) is 0 Å². The van der Waals surface area contributed by atoms with Gasteiger partial charge in [0, 0.05) is 12.1 Å². The van der Waals surface area contributed by atoms with Gasteiger partial charge in [-0.25, -0.2) is 0 Å². The van der Waals surface area contributed by atoms with Crippen molar-refractivity contribution >= 4 is 5.78 Å². The van der Waals surface area contributed by atoms with Gasteiger partial charge in [0.15, 0.2) is 5.78 Å². The Morgan fingerprint density at radius 1 is 0.941 bits per heavy atom. The third-order valence-electron chi connectivity index (χ3n) is 7.67. The number of hydrogen-bond donors (Lipinski definition) is 0. The highest BCUT2D eigenvalue weighted by Gasteiger charge is 2.52. The van der Waals surface area contributed by atoms with E-state index in [4.69, 9.17) is 0 Å². The molecule has 34 heavy (non-hydrogen) atoms. The van der Waals surface area contributed by atoms with Crippen LogP contribution in [0.4, 0.5) is 13.2 Å². The summed E-state index contributed by atoms with van der Waals surface area (Å²) in [5.74, 6) is 0.331. The molecule has 0 spiro atoms. The minimum Gasteiger partial charge on any atom is -0.299 e. The van der Waals surface area contributed by atoms with Gasteiger partial charge in [-0.2, -0.15) is 13.2 Å². The van der Waals surface area contributed by atoms with Gasteiger partial charge < -0.3 is 0 Å². The molecule has 3 aromatic carbocycles. The van der Waals surface area contributed by atoms with Crippen LogP contribution in [0.15, 0.2) is 72.8 Å². The lowest BCUT2D eigenvalue weighted by molar-refractivity contribution is -0.138. The molecular formula is C29H28F3NO. The number of nitrogens with zero attached hydrogens (tertiary/aromatic N) is 1. The van der Waals surface area contributed by atoms with E-state index in [0.717, 1.165) is 41.2 Å². The van der Waals surface area contributed by atoms with Crippen molar-refractivity contribution < 1.29 is 18.0 Å². The van der Waals surface area contributed by atoms with E-state index in [-0.39, 0.29) is 18.2 Å². The van der Waals surface area contributed by atoms with Crippen molar-refractivity contribution in [3.63, 3.8) is 0 Å². The highest BCUT2D eigenvalue weighted by molar-refractivity contribution is 6.08. The number of ketones is 1. The second kappa shape index (κ2) is 8.70. The zero-order valence-electron chi connectivity index (χ0n) is 19.2. The average molecular weight is 464 g/mol. The van der Waals surface area contributed by atoms with Gasteiger partial charge in [0.1, 0.15) is 0 Å². The van der Waals surface area contributed by atoms with Crippen LogP contribution in [0, 0.1) is 12.8 Å². The zero-order valence-corrected chi connectivity index (χ0v) is 19.2. The maximum atomic E-state index is 13.9. The lowest BCUT2D eigenvalue weighted by Gasteiger charge is -2.42. The van der Waals surface area contributed by atoms with Crippen molar-refractivity contribution in [2.24, 2.45) is 5.92 Å². The van der Waals surface area contributed by atoms with Crippen LogP contribution < -0.4 is 0 Å². The first-order valence-electron chi connectivity index (χ1n) is 11.9. The Kier molecular flexibility index (Phi) is 5.85. The van der Waals surface area contributed by atoms with E-state index in [9.17, 15) is 18.0 Å². The molecule has 1 atom stereocenters. The van der Waals surface area contributed by atoms with E-state index in [1.54, 1.807) is 12.1 Å². The summed E-state index contributed by atoms with van der Waals surface area (Å²) >= 11 is 0. The molecule has 0 amide bonds. The highest BCUT2D eigenvalue weighted by Crippen LogP contribution is 2.48. The number of rotatable bonds is 4. The topological polar surface area (TPSA) is 20.3 Å². The van der Waals surface area contributed by atoms with Crippen LogP contribution in [0.5, 0.6) is 0 Å². The molecule has 0 radical (unpaired) electrons. The first-order valence-corrected chi connectivity index (χ1v) is 11.9. The molecule has 0 saturated carbocycles. The van der Waals surface area contributed by atoms with Gasteiger partial charge in [0.05, 0.1) is 11.0 Å². The largest absolute Gasteiger partial charge is 0.416 e. The number of carbonyl (C=O) groups is 1. The number of hydrogen-bond acceptors (Lipinski definition) is 2. The Morgan fingerprint density at radius 2 is 1.65 bits per heavy atom. The Hall–Kier alpha value is -2.92. The van der Waals surface area contributed by atoms with Crippen LogP contribution in [0.25, 0.3) is 0 Å². The number of carbonyl (C=O) groups excluding carboxylic acids is 1. The summed E-state index contributed by atoms with van der Waals surface area (Å²) in [7, 11) is 0. The molecule has 5 heteroatoms. The summed E-state index contributed by atoms with van der Waals surface area (Å²) in [6, 6.07) is 22.0. The zero-order chi connectivity index (χ0) is 23.9. The number of likely N-dealkylation sites (tertiary alicyclic amines) is 1. The molecule has 0 N–H and O–H groups in total. The van der Waals surface area contributed by atoms with E-state index in [1.165, 1.54) is 6.07 Å². The molecule has 5 rings (SSSR count). The summed E-state index contributed by atoms with van der Waals surface area (Å²) in [6.07, 6.45) is -2.11. The third kappa shape index (κ3) is 3.96. The third-order valence-corrected chi connectivity index (χ3v) is 7.67. The van der Waals surface area contributed by atoms with E-state index in [0.29, 0.717) is 25.1 Å². The van der Waals surface area contributed by atoms with E-state index in [2.05, 4.69) is 17.0 Å². The minimum absolute atomic E-state index is 0.142. The highest BCUT2D eigenvalue weighted by atomic mass is 19.4. The summed E-state index contributed by atoms with van der Waals surface area (Å²) < 4.78 is 40.4. The van der Waals surface area contributed by atoms with Crippen LogP contribution in [0.3, 0.4) is 0 Å². The number of aryl methyl sites for hydroxylation is 1. The predicted octanol–water partition coefficient (Wildman–Crippen LogP) is 6.60. The molecule has 0 aromatic heterocycles. The molecule has 176 valence electrons. The normalized spacial score (nSPS) is 21.6. The second-order valence-electron chi connectivity index (χ2n) is 9.71. The van der Waals surface area contributed by atoms with Crippen molar-refractivity contribution in [3.8, 4) is 0 Å². The van der Waals surface area contributed by atoms with Gasteiger partial charge in [-0.1, -0.05) is 72.3 Å². The van der Waals surface area contributed by atoms with Gasteiger partial charge >= 0.3 is 6.18 Å². The lowest BCUT2D eigenvalue weighted by atomic mass is 9.64. The van der Waals surface area contributed by atoms with E-state index < -0.39 is 17.2 Å². The first kappa shape index (κ1) is 22.9. The van der Waals surface area contributed by atoms with Crippen molar-refractivity contribution in [1.82, 2.24) is 4.90 Å². The number of fused-ring (bicyclic) bond motifs is 1. The Balaban J connectivity index is 1.41. The second-order valence-corrected chi connectivity index (χ2v) is 9.71. The smallest absolute Gasteiger partial charge is 0.299 e. The average Bonchev–Trinajstić information content (AvgIpc) is 3.13. The SMILES string of the molecule is Cc1cccc(C2(C3CCN(Cc4ccccc4C(F)(F)F)CC3)Cc3ccccc3C2=O)c1. The van der Waals surface area contributed by atoms with Gasteiger partial charge in [0.2, 0.25) is 0 Å². The van der Waals surface area contributed by atoms with Crippen molar-refractivity contribution in [1.29, 1.82) is 0 Å². The van der Waals surface area contributed by atoms with Crippen molar-refractivity contribution in [2.45, 2.75) is 44.3 Å². The monoisotopic (exact) mass is 463 g/mol. The van der Waals surface area contributed by atoms with Gasteiger partial charge in [-0.15, -0.1) is 0 Å². The minimum atomic E-state index is -4.35. The van der Waals surface area contributed by atoms with Crippen LogP contribution in [0.1, 0.15) is 51.0 Å². The summed E-state index contributed by atoms with van der Waals surface area (Å²) in [6.45, 7) is 3.67. The quantitative estimate of drug-likeness (QED) is 0.434. The number of Topliss-reactive ketones (excluding diaryl/α,β-unsaturated/α-hetero) is 1. The summed E-state index contributed by atoms with van der Waals surface area (Å²) in [5, 5.41) is 0. The van der Waals surface area contributed by atoms with Gasteiger partial charge in [0.25, 0.3) is 0 Å². The summed E-state index contributed by atoms with van der Waals surface area (Å²) in [5.41, 5.74) is 3.24. The molecule has 1 saturated heterocycles. The first-order chi connectivity index (χ1) is 16.3. The number of benzene rings is 3. The molecule has 1 aliphatic heterocycles. The standard InChI is InChI=1S/C29H28F3NO/c1-20-7-6-10-24(17-20)28(18-21-8-2-4-11-25(21)27(28)34)23-13-15-33(16-14-23)19-22-9-3-5-12-26(22)29(30,31)32/h2-12,17,23H,13-16,18-19H2,1H3. The lowest BCUT2D eigenvalue weighted by Crippen LogP contribution is -2.47. The molecule has 1 unspecified atom stereocenters. The Labute approximate surface area is 198 Å². The summed E-state index contributed by atoms with van der Waals surface area (Å²) in [4.78, 5) is 16.0. The number of piperidine rings is 1. The predicted molar refractivity (Wildman–Crippen MR) is 127 cm³/mol. The van der Waals surface area contributed by atoms with Gasteiger partial charge in [-0.05, 0) is 68.0 Å². The molecule has 1 fully saturated rings.